The lowest BCUT2D eigenvalue weighted by molar-refractivity contribution is 0.672. The molecule has 4 aromatic carbocycles. The number of nitrogens with zero attached hydrogens (tertiary/aromatic N) is 1. The molecule has 0 atom stereocenters. The molecule has 0 bridgehead atoms. The van der Waals surface area contributed by atoms with E-state index in [2.05, 4.69) is 90.2 Å². The average Bonchev–Trinajstić information content (AvgIpc) is 3.53. The number of para-hydroxylation sites is 1. The van der Waals surface area contributed by atoms with E-state index in [1.165, 1.54) is 31.3 Å². The summed E-state index contributed by atoms with van der Waals surface area (Å²) in [4.78, 5) is 0. The maximum Gasteiger partial charge on any atom is 0.145 e. The number of hydrogen-bond acceptors (Lipinski definition) is 2. The van der Waals surface area contributed by atoms with Crippen molar-refractivity contribution in [1.82, 2.24) is 4.57 Å². The Labute approximate surface area is 206 Å². The van der Waals surface area contributed by atoms with Crippen molar-refractivity contribution in [2.24, 2.45) is 7.05 Å². The Morgan fingerprint density at radius 1 is 0.886 bits per heavy atom. The van der Waals surface area contributed by atoms with E-state index in [0.717, 1.165) is 44.1 Å². The second-order valence-electron chi connectivity index (χ2n) is 9.04. The van der Waals surface area contributed by atoms with Gasteiger partial charge in [-0.15, -0.1) is 17.8 Å². The first-order valence-corrected chi connectivity index (χ1v) is 12.4. The van der Waals surface area contributed by atoms with Crippen LogP contribution in [0.1, 0.15) is 23.7 Å². The number of aryl methyl sites for hydroxylation is 1. The van der Waals surface area contributed by atoms with Crippen molar-refractivity contribution in [1.29, 1.82) is 0 Å². The number of rotatable bonds is 2. The normalized spacial score (nSPS) is 12.4. The van der Waals surface area contributed by atoms with E-state index in [1.807, 2.05) is 30.5 Å². The summed E-state index contributed by atoms with van der Waals surface area (Å²) >= 11 is 1.84. The summed E-state index contributed by atoms with van der Waals surface area (Å²) < 4.78 is 11.1. The minimum absolute atomic E-state index is 0.856. The highest BCUT2D eigenvalue weighted by Crippen LogP contribution is 2.40. The molecule has 35 heavy (non-hydrogen) atoms. The Kier molecular flexibility index (Phi) is 4.24. The predicted octanol–water partition coefficient (Wildman–Crippen LogP) is 8.99. The lowest BCUT2D eigenvalue weighted by atomic mass is 10.00. The van der Waals surface area contributed by atoms with Gasteiger partial charge in [0.15, 0.2) is 0 Å². The van der Waals surface area contributed by atoms with E-state index >= 15 is 0 Å². The Bertz CT molecular complexity index is 2040. The van der Waals surface area contributed by atoms with Gasteiger partial charge in [0.2, 0.25) is 0 Å². The number of allylic oxidation sites excluding steroid dienone is 1. The highest BCUT2D eigenvalue weighted by Gasteiger charge is 2.19. The first-order chi connectivity index (χ1) is 17.1. The van der Waals surface area contributed by atoms with E-state index in [0.29, 0.717) is 0 Å². The topological polar surface area (TPSA) is 18.1 Å². The summed E-state index contributed by atoms with van der Waals surface area (Å²) in [5.74, 6) is 2.94. The Morgan fingerprint density at radius 2 is 1.66 bits per heavy atom. The van der Waals surface area contributed by atoms with Crippen LogP contribution < -0.4 is 0 Å². The van der Waals surface area contributed by atoms with Crippen molar-refractivity contribution in [3.05, 3.63) is 95.7 Å². The van der Waals surface area contributed by atoms with Crippen LogP contribution in [0, 0.1) is 12.3 Å². The lowest BCUT2D eigenvalue weighted by Crippen LogP contribution is -1.92. The number of furan rings is 1. The molecule has 0 amide bonds. The van der Waals surface area contributed by atoms with Crippen molar-refractivity contribution >= 4 is 76.0 Å². The molecule has 7 aromatic rings. The van der Waals surface area contributed by atoms with Gasteiger partial charge in [0.1, 0.15) is 11.2 Å². The van der Waals surface area contributed by atoms with Crippen LogP contribution in [-0.2, 0) is 7.05 Å². The SMILES string of the molecule is C#Cc1c(/C=C(\C)c2ccc3sc4ccccc4c3c2)c2c3oc4ccccc4c3ccc2n1C. The molecular formula is C32H21NOS. The summed E-state index contributed by atoms with van der Waals surface area (Å²) in [6.07, 6.45) is 8.26. The third-order valence-corrected chi connectivity index (χ3v) is 8.23. The van der Waals surface area contributed by atoms with Crippen LogP contribution in [0.3, 0.4) is 0 Å². The van der Waals surface area contributed by atoms with Crippen molar-refractivity contribution < 1.29 is 4.42 Å². The van der Waals surface area contributed by atoms with Crippen LogP contribution in [0.15, 0.2) is 83.3 Å². The Hall–Kier alpha value is -4.26. The number of benzene rings is 4. The second-order valence-corrected chi connectivity index (χ2v) is 10.1. The van der Waals surface area contributed by atoms with Gasteiger partial charge in [-0.2, -0.15) is 0 Å². The maximum atomic E-state index is 6.39. The van der Waals surface area contributed by atoms with E-state index in [-0.39, 0.29) is 0 Å². The molecule has 0 radical (unpaired) electrons. The zero-order valence-corrected chi connectivity index (χ0v) is 20.2. The molecule has 0 aliphatic rings. The summed E-state index contributed by atoms with van der Waals surface area (Å²) in [5, 5.41) is 5.90. The van der Waals surface area contributed by atoms with Crippen molar-refractivity contribution in [3.63, 3.8) is 0 Å². The third kappa shape index (κ3) is 2.84. The van der Waals surface area contributed by atoms with Crippen molar-refractivity contribution in [2.75, 3.05) is 0 Å². The van der Waals surface area contributed by atoms with Gasteiger partial charge in [-0.3, -0.25) is 0 Å². The lowest BCUT2D eigenvalue weighted by Gasteiger charge is -2.04. The van der Waals surface area contributed by atoms with E-state index in [4.69, 9.17) is 10.8 Å². The average molecular weight is 468 g/mol. The smallest absolute Gasteiger partial charge is 0.145 e. The highest BCUT2D eigenvalue weighted by atomic mass is 32.1. The summed E-state index contributed by atoms with van der Waals surface area (Å²) in [6.45, 7) is 2.16. The van der Waals surface area contributed by atoms with Gasteiger partial charge in [0.05, 0.1) is 16.6 Å². The molecule has 3 heteroatoms. The molecule has 0 aliphatic carbocycles. The van der Waals surface area contributed by atoms with Crippen LogP contribution in [-0.4, -0.2) is 4.57 Å². The van der Waals surface area contributed by atoms with Crippen LogP contribution in [0.5, 0.6) is 0 Å². The van der Waals surface area contributed by atoms with Gasteiger partial charge >= 0.3 is 0 Å². The first-order valence-electron chi connectivity index (χ1n) is 11.6. The van der Waals surface area contributed by atoms with Crippen LogP contribution in [0.4, 0.5) is 0 Å². The van der Waals surface area contributed by atoms with Crippen LogP contribution >= 0.6 is 11.3 Å². The minimum atomic E-state index is 0.856. The van der Waals surface area contributed by atoms with Crippen LogP contribution in [0.2, 0.25) is 0 Å². The van der Waals surface area contributed by atoms with Crippen LogP contribution in [0.25, 0.3) is 64.7 Å². The molecular weight excluding hydrogens is 446 g/mol. The van der Waals surface area contributed by atoms with Gasteiger partial charge in [0, 0.05) is 43.6 Å². The highest BCUT2D eigenvalue weighted by molar-refractivity contribution is 7.25. The number of fused-ring (bicyclic) bond motifs is 8. The molecule has 0 saturated carbocycles. The largest absolute Gasteiger partial charge is 0.455 e. The van der Waals surface area contributed by atoms with Crippen molar-refractivity contribution in [3.8, 4) is 12.3 Å². The molecule has 3 heterocycles. The molecule has 166 valence electrons. The third-order valence-electron chi connectivity index (χ3n) is 7.08. The van der Waals surface area contributed by atoms with Gasteiger partial charge in [-0.1, -0.05) is 48.4 Å². The molecule has 2 nitrogen and oxygen atoms in total. The molecule has 0 aliphatic heterocycles. The summed E-state index contributed by atoms with van der Waals surface area (Å²) in [6, 6.07) is 27.8. The molecule has 0 saturated heterocycles. The zero-order chi connectivity index (χ0) is 23.7. The molecule has 0 fully saturated rings. The number of thiophene rings is 1. The Morgan fingerprint density at radius 3 is 2.51 bits per heavy atom. The van der Waals surface area contributed by atoms with Crippen molar-refractivity contribution in [2.45, 2.75) is 6.92 Å². The second kappa shape index (κ2) is 7.37. The molecule has 0 unspecified atom stereocenters. The fraction of sp³-hybridized carbons (Fsp3) is 0.0625. The van der Waals surface area contributed by atoms with Gasteiger partial charge in [0.25, 0.3) is 0 Å². The van der Waals surface area contributed by atoms with Gasteiger partial charge < -0.3 is 8.98 Å². The monoisotopic (exact) mass is 467 g/mol. The minimum Gasteiger partial charge on any atom is -0.455 e. The first kappa shape index (κ1) is 20.1. The molecule has 7 rings (SSSR count). The van der Waals surface area contributed by atoms with Gasteiger partial charge in [-0.05, 0) is 60.5 Å². The zero-order valence-electron chi connectivity index (χ0n) is 19.4. The van der Waals surface area contributed by atoms with Gasteiger partial charge in [-0.25, -0.2) is 0 Å². The van der Waals surface area contributed by atoms with E-state index in [1.54, 1.807) is 0 Å². The molecule has 0 spiro atoms. The summed E-state index contributed by atoms with van der Waals surface area (Å²) in [7, 11) is 2.03. The molecule has 0 N–H and O–H groups in total. The number of terminal acetylenes is 1. The Balaban J connectivity index is 1.50. The number of hydrogen-bond donors (Lipinski definition) is 0. The summed E-state index contributed by atoms with van der Waals surface area (Å²) in [5.41, 5.74) is 7.10. The fourth-order valence-corrected chi connectivity index (χ4v) is 6.41. The standard InChI is InChI=1S/C32H21NOS/c1-4-26-25(17-19(2)20-13-16-30-24(18-20)22-10-6-8-12-29(22)35-30)31-27(33(26)3)15-14-23-21-9-5-7-11-28(21)34-32(23)31/h1,5-18H,2-3H3/b19-17+. The predicted molar refractivity (Wildman–Crippen MR) is 151 cm³/mol. The number of aromatic nitrogens is 1. The quantitative estimate of drug-likeness (QED) is 0.232. The maximum absolute atomic E-state index is 6.39. The fourth-order valence-electron chi connectivity index (χ4n) is 5.32. The van der Waals surface area contributed by atoms with E-state index < -0.39 is 0 Å². The molecule has 3 aromatic heterocycles. The van der Waals surface area contributed by atoms with E-state index in [9.17, 15) is 0 Å².